The van der Waals surface area contributed by atoms with Crippen molar-refractivity contribution in [2.45, 2.75) is 39.0 Å². The van der Waals surface area contributed by atoms with Gasteiger partial charge in [0.25, 0.3) is 0 Å². The number of carbonyl (C=O) groups is 1. The second-order valence-electron chi connectivity index (χ2n) is 5.32. The zero-order valence-corrected chi connectivity index (χ0v) is 12.1. The van der Waals surface area contributed by atoms with Crippen molar-refractivity contribution in [1.82, 2.24) is 4.98 Å². The number of nitrogens with zero attached hydrogens (tertiary/aromatic N) is 1. The van der Waals surface area contributed by atoms with Crippen LogP contribution < -0.4 is 5.32 Å². The van der Waals surface area contributed by atoms with Crippen molar-refractivity contribution in [2.24, 2.45) is 5.92 Å². The van der Waals surface area contributed by atoms with Gasteiger partial charge in [0.1, 0.15) is 0 Å². The molecular formula is C15H18N2OS. The number of aromatic nitrogens is 1. The zero-order valence-electron chi connectivity index (χ0n) is 11.3. The quantitative estimate of drug-likeness (QED) is 0.909. The summed E-state index contributed by atoms with van der Waals surface area (Å²) >= 11 is 1.57. The van der Waals surface area contributed by atoms with E-state index in [0.717, 1.165) is 34.6 Å². The third-order valence-electron chi connectivity index (χ3n) is 3.77. The first-order chi connectivity index (χ1) is 9.17. The third kappa shape index (κ3) is 2.63. The lowest BCUT2D eigenvalue weighted by Crippen LogP contribution is -2.12. The molecule has 1 fully saturated rings. The van der Waals surface area contributed by atoms with E-state index in [1.165, 1.54) is 5.56 Å². The molecule has 1 aromatic heterocycles. The Balaban J connectivity index is 1.85. The van der Waals surface area contributed by atoms with E-state index >= 15 is 0 Å². The molecule has 3 nitrogen and oxygen atoms in total. The van der Waals surface area contributed by atoms with Crippen molar-refractivity contribution in [3.63, 3.8) is 0 Å². The Labute approximate surface area is 117 Å². The van der Waals surface area contributed by atoms with Crippen LogP contribution >= 0.6 is 11.3 Å². The van der Waals surface area contributed by atoms with Crippen LogP contribution in [0.25, 0.3) is 10.2 Å². The van der Waals surface area contributed by atoms with Gasteiger partial charge in [0.15, 0.2) is 5.13 Å². The molecule has 1 amide bonds. The number of thiazole rings is 1. The summed E-state index contributed by atoms with van der Waals surface area (Å²) < 4.78 is 1.16. The molecule has 4 heteroatoms. The minimum absolute atomic E-state index is 0.126. The molecule has 0 bridgehead atoms. The molecule has 3 rings (SSSR count). The van der Waals surface area contributed by atoms with Crippen molar-refractivity contribution >= 4 is 32.6 Å². The normalized spacial score (nSPS) is 16.5. The molecule has 1 atom stereocenters. The first-order valence-corrected chi connectivity index (χ1v) is 7.70. The standard InChI is InChI=1S/C15H18N2OS/c1-3-9(2)11-6-7-12-13(8-11)19-15(16-12)17-14(18)10-4-5-10/h6-10H,3-5H2,1-2H3,(H,16,17,18). The topological polar surface area (TPSA) is 42.0 Å². The van der Waals surface area contributed by atoms with Crippen LogP contribution in [0.1, 0.15) is 44.6 Å². The Kier molecular flexibility index (Phi) is 3.27. The molecule has 0 spiro atoms. The minimum atomic E-state index is 0.126. The van der Waals surface area contributed by atoms with Gasteiger partial charge in [-0.2, -0.15) is 0 Å². The SMILES string of the molecule is CCC(C)c1ccc2nc(NC(=O)C3CC3)sc2c1. The number of benzene rings is 1. The molecule has 100 valence electrons. The molecule has 1 aliphatic rings. The third-order valence-corrected chi connectivity index (χ3v) is 4.71. The first kappa shape index (κ1) is 12.6. The lowest BCUT2D eigenvalue weighted by molar-refractivity contribution is -0.117. The Morgan fingerprint density at radius 2 is 2.32 bits per heavy atom. The summed E-state index contributed by atoms with van der Waals surface area (Å²) in [5.41, 5.74) is 2.32. The number of carbonyl (C=O) groups excluding carboxylic acids is 1. The predicted octanol–water partition coefficient (Wildman–Crippen LogP) is 4.16. The molecule has 0 saturated heterocycles. The lowest BCUT2D eigenvalue weighted by Gasteiger charge is -2.07. The highest BCUT2D eigenvalue weighted by Gasteiger charge is 2.30. The Morgan fingerprint density at radius 1 is 1.53 bits per heavy atom. The van der Waals surface area contributed by atoms with Gasteiger partial charge >= 0.3 is 0 Å². The molecular weight excluding hydrogens is 256 g/mol. The monoisotopic (exact) mass is 274 g/mol. The Bertz CT molecular complexity index is 616. The van der Waals surface area contributed by atoms with Gasteiger partial charge in [-0.3, -0.25) is 4.79 Å². The van der Waals surface area contributed by atoms with Crippen LogP contribution in [-0.2, 0) is 4.79 Å². The van der Waals surface area contributed by atoms with Crippen molar-refractivity contribution in [3.8, 4) is 0 Å². The summed E-state index contributed by atoms with van der Waals surface area (Å²) in [6.07, 6.45) is 3.18. The van der Waals surface area contributed by atoms with Crippen LogP contribution in [0.5, 0.6) is 0 Å². The van der Waals surface area contributed by atoms with Gasteiger partial charge in [-0.25, -0.2) is 4.98 Å². The van der Waals surface area contributed by atoms with Gasteiger partial charge < -0.3 is 5.32 Å². The number of hydrogen-bond donors (Lipinski definition) is 1. The van der Waals surface area contributed by atoms with Gasteiger partial charge in [0, 0.05) is 5.92 Å². The molecule has 1 heterocycles. The van der Waals surface area contributed by atoms with Crippen molar-refractivity contribution < 1.29 is 4.79 Å². The number of fused-ring (bicyclic) bond motifs is 1. The van der Waals surface area contributed by atoms with E-state index in [0.29, 0.717) is 5.92 Å². The van der Waals surface area contributed by atoms with Gasteiger partial charge in [-0.15, -0.1) is 0 Å². The van der Waals surface area contributed by atoms with Crippen LogP contribution in [0.3, 0.4) is 0 Å². The summed E-state index contributed by atoms with van der Waals surface area (Å²) in [5, 5.41) is 3.65. The van der Waals surface area contributed by atoms with Crippen molar-refractivity contribution in [1.29, 1.82) is 0 Å². The maximum Gasteiger partial charge on any atom is 0.229 e. The van der Waals surface area contributed by atoms with Crippen LogP contribution in [0, 0.1) is 5.92 Å². The van der Waals surface area contributed by atoms with E-state index in [9.17, 15) is 4.79 Å². The molecule has 1 N–H and O–H groups in total. The summed E-state index contributed by atoms with van der Waals surface area (Å²) in [6.45, 7) is 4.43. The number of anilines is 1. The second kappa shape index (κ2) is 4.93. The van der Waals surface area contributed by atoms with E-state index in [4.69, 9.17) is 0 Å². The minimum Gasteiger partial charge on any atom is -0.302 e. The summed E-state index contributed by atoms with van der Waals surface area (Å²) in [7, 11) is 0. The molecule has 1 unspecified atom stereocenters. The van der Waals surface area contributed by atoms with Crippen molar-refractivity contribution in [2.75, 3.05) is 5.32 Å². The molecule has 1 aromatic carbocycles. The predicted molar refractivity (Wildman–Crippen MR) is 79.7 cm³/mol. The largest absolute Gasteiger partial charge is 0.302 e. The smallest absolute Gasteiger partial charge is 0.229 e. The molecule has 0 radical (unpaired) electrons. The molecule has 1 aliphatic carbocycles. The fourth-order valence-corrected chi connectivity index (χ4v) is 3.01. The highest BCUT2D eigenvalue weighted by molar-refractivity contribution is 7.22. The van der Waals surface area contributed by atoms with E-state index in [-0.39, 0.29) is 11.8 Å². The zero-order chi connectivity index (χ0) is 13.4. The maximum atomic E-state index is 11.7. The van der Waals surface area contributed by atoms with E-state index < -0.39 is 0 Å². The van der Waals surface area contributed by atoms with Gasteiger partial charge in [0.05, 0.1) is 10.2 Å². The molecule has 19 heavy (non-hydrogen) atoms. The number of amides is 1. The van der Waals surface area contributed by atoms with Crippen LogP contribution in [-0.4, -0.2) is 10.9 Å². The molecule has 2 aromatic rings. The van der Waals surface area contributed by atoms with Crippen LogP contribution in [0.2, 0.25) is 0 Å². The molecule has 0 aliphatic heterocycles. The molecule has 1 saturated carbocycles. The number of nitrogens with one attached hydrogen (secondary N) is 1. The first-order valence-electron chi connectivity index (χ1n) is 6.88. The average molecular weight is 274 g/mol. The fraction of sp³-hybridized carbons (Fsp3) is 0.467. The second-order valence-corrected chi connectivity index (χ2v) is 6.35. The van der Waals surface area contributed by atoms with Crippen LogP contribution in [0.15, 0.2) is 18.2 Å². The fourth-order valence-electron chi connectivity index (χ4n) is 2.09. The number of rotatable bonds is 4. The number of hydrogen-bond acceptors (Lipinski definition) is 3. The Morgan fingerprint density at radius 3 is 3.00 bits per heavy atom. The van der Waals surface area contributed by atoms with E-state index in [1.54, 1.807) is 11.3 Å². The van der Waals surface area contributed by atoms with E-state index in [2.05, 4.69) is 42.3 Å². The average Bonchev–Trinajstić information content (AvgIpc) is 3.18. The Hall–Kier alpha value is -1.42. The van der Waals surface area contributed by atoms with Crippen molar-refractivity contribution in [3.05, 3.63) is 23.8 Å². The van der Waals surface area contributed by atoms with Gasteiger partial charge in [-0.1, -0.05) is 31.3 Å². The maximum absolute atomic E-state index is 11.7. The summed E-state index contributed by atoms with van der Waals surface area (Å²) in [6, 6.07) is 6.40. The lowest BCUT2D eigenvalue weighted by atomic mass is 9.99. The summed E-state index contributed by atoms with van der Waals surface area (Å²) in [5.74, 6) is 0.917. The van der Waals surface area contributed by atoms with Gasteiger partial charge in [-0.05, 0) is 42.9 Å². The van der Waals surface area contributed by atoms with E-state index in [1.807, 2.05) is 0 Å². The highest BCUT2D eigenvalue weighted by Crippen LogP contribution is 2.33. The highest BCUT2D eigenvalue weighted by atomic mass is 32.1. The van der Waals surface area contributed by atoms with Crippen LogP contribution in [0.4, 0.5) is 5.13 Å². The van der Waals surface area contributed by atoms with Gasteiger partial charge in [0.2, 0.25) is 5.91 Å². The summed E-state index contributed by atoms with van der Waals surface area (Å²) in [4.78, 5) is 16.2.